The molecule has 0 aromatic heterocycles. The molecule has 1 N–H and O–H groups in total. The second kappa shape index (κ2) is 15.4. The highest BCUT2D eigenvalue weighted by Gasteiger charge is 2.16. The molecule has 0 bridgehead atoms. The highest BCUT2D eigenvalue weighted by molar-refractivity contribution is 5.69. The Balaban J connectivity index is 3.54. The van der Waals surface area contributed by atoms with Gasteiger partial charge >= 0.3 is 5.97 Å². The Bertz CT molecular complexity index is 248. The van der Waals surface area contributed by atoms with Gasteiger partial charge in [0.15, 0.2) is 0 Å². The van der Waals surface area contributed by atoms with Crippen LogP contribution in [0, 0.1) is 11.8 Å². The molecule has 0 amide bonds. The Morgan fingerprint density at radius 1 is 0.727 bits per heavy atom. The normalized spacial score (nSPS) is 12.7. The van der Waals surface area contributed by atoms with Gasteiger partial charge in [-0.15, -0.1) is 0 Å². The average Bonchev–Trinajstić information content (AvgIpc) is 2.46. The van der Waals surface area contributed by atoms with Crippen LogP contribution >= 0.6 is 0 Å². The van der Waals surface area contributed by atoms with Gasteiger partial charge in [0.05, 0.1) is 5.92 Å². The smallest absolute Gasteiger partial charge is 0.306 e. The molecule has 0 heterocycles. The molecule has 0 saturated heterocycles. The molecule has 0 rings (SSSR count). The van der Waals surface area contributed by atoms with E-state index in [4.69, 9.17) is 0 Å². The van der Waals surface area contributed by atoms with Gasteiger partial charge in [0.1, 0.15) is 0 Å². The Hall–Kier alpha value is -0.530. The number of carbonyl (C=O) groups is 1. The number of unbranched alkanes of at least 4 members (excludes halogenated alkanes) is 9. The molecule has 1 unspecified atom stereocenters. The first-order valence-corrected chi connectivity index (χ1v) is 9.80. The van der Waals surface area contributed by atoms with Crippen molar-refractivity contribution in [1.82, 2.24) is 0 Å². The minimum atomic E-state index is -0.577. The lowest BCUT2D eigenvalue weighted by molar-refractivity contribution is -0.142. The molecule has 0 aliphatic rings. The van der Waals surface area contributed by atoms with Crippen molar-refractivity contribution in [3.63, 3.8) is 0 Å². The number of hydrogen-bond acceptors (Lipinski definition) is 1. The zero-order chi connectivity index (χ0) is 16.6. The maximum Gasteiger partial charge on any atom is 0.306 e. The van der Waals surface area contributed by atoms with Crippen molar-refractivity contribution in [3.8, 4) is 0 Å². The van der Waals surface area contributed by atoms with Gasteiger partial charge in [-0.1, -0.05) is 97.8 Å². The summed E-state index contributed by atoms with van der Waals surface area (Å²) in [4.78, 5) is 11.3. The molecular weight excluding hydrogens is 272 g/mol. The van der Waals surface area contributed by atoms with Crippen LogP contribution in [0.3, 0.4) is 0 Å². The lowest BCUT2D eigenvalue weighted by Gasteiger charge is -2.12. The standard InChI is InChI=1S/C20H40O2/c1-4-5-6-7-8-9-10-13-16-19(20(21)22)17-14-11-12-15-18(2)3/h18-19H,4-17H2,1-3H3,(H,21,22). The summed E-state index contributed by atoms with van der Waals surface area (Å²) < 4.78 is 0. The minimum Gasteiger partial charge on any atom is -0.481 e. The van der Waals surface area contributed by atoms with Crippen molar-refractivity contribution in [3.05, 3.63) is 0 Å². The third-order valence-corrected chi connectivity index (χ3v) is 4.59. The predicted octanol–water partition coefficient (Wildman–Crippen LogP) is 6.82. The van der Waals surface area contributed by atoms with Crippen LogP contribution in [-0.2, 0) is 4.79 Å². The number of hydrogen-bond donors (Lipinski definition) is 1. The van der Waals surface area contributed by atoms with E-state index in [0.717, 1.165) is 31.6 Å². The third-order valence-electron chi connectivity index (χ3n) is 4.59. The van der Waals surface area contributed by atoms with E-state index in [9.17, 15) is 9.90 Å². The van der Waals surface area contributed by atoms with E-state index in [2.05, 4.69) is 20.8 Å². The largest absolute Gasteiger partial charge is 0.481 e. The van der Waals surface area contributed by atoms with Gasteiger partial charge in [-0.2, -0.15) is 0 Å². The molecule has 0 spiro atoms. The van der Waals surface area contributed by atoms with E-state index in [1.807, 2.05) is 0 Å². The molecule has 2 heteroatoms. The maximum absolute atomic E-state index is 11.3. The maximum atomic E-state index is 11.3. The summed E-state index contributed by atoms with van der Waals surface area (Å²) in [5.41, 5.74) is 0. The molecule has 0 aromatic rings. The molecule has 1 atom stereocenters. The van der Waals surface area contributed by atoms with Gasteiger partial charge in [0.2, 0.25) is 0 Å². The number of carboxylic acids is 1. The lowest BCUT2D eigenvalue weighted by Crippen LogP contribution is -2.13. The zero-order valence-electron chi connectivity index (χ0n) is 15.4. The van der Waals surface area contributed by atoms with E-state index in [0.29, 0.717) is 0 Å². The number of rotatable bonds is 16. The van der Waals surface area contributed by atoms with E-state index < -0.39 is 5.97 Å². The molecule has 0 saturated carbocycles. The molecule has 22 heavy (non-hydrogen) atoms. The highest BCUT2D eigenvalue weighted by Crippen LogP contribution is 2.20. The second-order valence-electron chi connectivity index (χ2n) is 7.33. The quantitative estimate of drug-likeness (QED) is 0.317. The average molecular weight is 313 g/mol. The fourth-order valence-electron chi connectivity index (χ4n) is 3.04. The van der Waals surface area contributed by atoms with Gasteiger partial charge in [-0.3, -0.25) is 4.79 Å². The molecule has 0 aliphatic carbocycles. The molecule has 0 fully saturated rings. The van der Waals surface area contributed by atoms with Crippen molar-refractivity contribution in [1.29, 1.82) is 0 Å². The Morgan fingerprint density at radius 3 is 1.59 bits per heavy atom. The van der Waals surface area contributed by atoms with Crippen LogP contribution in [0.5, 0.6) is 0 Å². The molecule has 132 valence electrons. The SMILES string of the molecule is CCCCCCCCCCC(CCCCCC(C)C)C(=O)O. The molecule has 0 aromatic carbocycles. The van der Waals surface area contributed by atoms with E-state index in [1.54, 1.807) is 0 Å². The van der Waals surface area contributed by atoms with Crippen LogP contribution in [0.25, 0.3) is 0 Å². The van der Waals surface area contributed by atoms with Gasteiger partial charge in [-0.25, -0.2) is 0 Å². The van der Waals surface area contributed by atoms with Crippen LogP contribution in [0.2, 0.25) is 0 Å². The fraction of sp³-hybridized carbons (Fsp3) is 0.950. The van der Waals surface area contributed by atoms with Crippen LogP contribution in [0.4, 0.5) is 0 Å². The van der Waals surface area contributed by atoms with Crippen molar-refractivity contribution < 1.29 is 9.90 Å². The van der Waals surface area contributed by atoms with Crippen molar-refractivity contribution in [2.45, 2.75) is 111 Å². The first-order chi connectivity index (χ1) is 10.6. The minimum absolute atomic E-state index is 0.0980. The topological polar surface area (TPSA) is 37.3 Å². The first-order valence-electron chi connectivity index (χ1n) is 9.80. The summed E-state index contributed by atoms with van der Waals surface area (Å²) in [5.74, 6) is 0.0959. The lowest BCUT2D eigenvalue weighted by atomic mass is 9.94. The van der Waals surface area contributed by atoms with E-state index in [1.165, 1.54) is 64.2 Å². The van der Waals surface area contributed by atoms with Crippen molar-refractivity contribution >= 4 is 5.97 Å². The summed E-state index contributed by atoms with van der Waals surface area (Å²) in [5, 5.41) is 9.32. The molecule has 0 aliphatic heterocycles. The van der Waals surface area contributed by atoms with E-state index >= 15 is 0 Å². The Kier molecular flexibility index (Phi) is 15.0. The van der Waals surface area contributed by atoms with Crippen molar-refractivity contribution in [2.75, 3.05) is 0 Å². The summed E-state index contributed by atoms with van der Waals surface area (Å²) in [6.07, 6.45) is 16.9. The van der Waals surface area contributed by atoms with Crippen LogP contribution in [0.15, 0.2) is 0 Å². The highest BCUT2D eigenvalue weighted by atomic mass is 16.4. The third kappa shape index (κ3) is 14.4. The van der Waals surface area contributed by atoms with Crippen LogP contribution < -0.4 is 0 Å². The monoisotopic (exact) mass is 312 g/mol. The predicted molar refractivity (Wildman–Crippen MR) is 96.3 cm³/mol. The first kappa shape index (κ1) is 21.5. The number of carboxylic acid groups (broad SMARTS) is 1. The van der Waals surface area contributed by atoms with Gasteiger partial charge in [-0.05, 0) is 18.8 Å². The molecule has 2 nitrogen and oxygen atoms in total. The Labute approximate surface area is 139 Å². The number of aliphatic carboxylic acids is 1. The van der Waals surface area contributed by atoms with Crippen LogP contribution in [-0.4, -0.2) is 11.1 Å². The van der Waals surface area contributed by atoms with Crippen LogP contribution in [0.1, 0.15) is 111 Å². The van der Waals surface area contributed by atoms with Gasteiger partial charge in [0.25, 0.3) is 0 Å². The van der Waals surface area contributed by atoms with E-state index in [-0.39, 0.29) is 5.92 Å². The summed E-state index contributed by atoms with van der Waals surface area (Å²) in [7, 11) is 0. The Morgan fingerprint density at radius 2 is 1.14 bits per heavy atom. The van der Waals surface area contributed by atoms with Gasteiger partial charge in [0, 0.05) is 0 Å². The summed E-state index contributed by atoms with van der Waals surface area (Å²) >= 11 is 0. The zero-order valence-corrected chi connectivity index (χ0v) is 15.4. The second-order valence-corrected chi connectivity index (χ2v) is 7.33. The summed E-state index contributed by atoms with van der Waals surface area (Å²) in [6, 6.07) is 0. The van der Waals surface area contributed by atoms with Crippen molar-refractivity contribution in [2.24, 2.45) is 11.8 Å². The summed E-state index contributed by atoms with van der Waals surface area (Å²) in [6.45, 7) is 6.75. The van der Waals surface area contributed by atoms with Gasteiger partial charge < -0.3 is 5.11 Å². The fourth-order valence-corrected chi connectivity index (χ4v) is 3.04. The molecule has 0 radical (unpaired) electrons. The molecular formula is C20H40O2.